The van der Waals surface area contributed by atoms with Crippen LogP contribution in [0, 0.1) is 16.7 Å². The minimum absolute atomic E-state index is 0.0955. The van der Waals surface area contributed by atoms with Crippen LogP contribution in [0.2, 0.25) is 0 Å². The quantitative estimate of drug-likeness (QED) is 0.840. The number of rotatable bonds is 5. The molecule has 140 valence electrons. The van der Waals surface area contributed by atoms with E-state index in [9.17, 15) is 13.2 Å². The molecule has 1 aromatic carbocycles. The Morgan fingerprint density at radius 1 is 1.38 bits per heavy atom. The first-order valence-electron chi connectivity index (χ1n) is 8.65. The second-order valence-electron chi connectivity index (χ2n) is 7.88. The molecule has 2 aliphatic rings. The lowest BCUT2D eigenvalue weighted by molar-refractivity contribution is -0.128. The Morgan fingerprint density at radius 3 is 2.77 bits per heavy atom. The van der Waals surface area contributed by atoms with Crippen molar-refractivity contribution in [1.29, 1.82) is 0 Å². The molecule has 0 aliphatic heterocycles. The molecular weight excluding hydrogens is 372 g/mol. The van der Waals surface area contributed by atoms with Crippen molar-refractivity contribution >= 4 is 42.5 Å². The largest absolute Gasteiger partial charge is 0.497 e. The fraction of sp³-hybridized carbons (Fsp3) is 0.556. The molecule has 0 amide bonds. The van der Waals surface area contributed by atoms with Gasteiger partial charge in [-0.05, 0) is 42.4 Å². The number of nitrogens with zero attached hydrogens (tertiary/aromatic N) is 1. The van der Waals surface area contributed by atoms with E-state index >= 15 is 0 Å². The Bertz CT molecular complexity index is 996. The second kappa shape index (κ2) is 5.66. The molecule has 26 heavy (non-hydrogen) atoms. The number of sulfonamides is 1. The monoisotopic (exact) mass is 394 g/mol. The van der Waals surface area contributed by atoms with Crippen LogP contribution in [0.5, 0.6) is 5.75 Å². The number of nitrogens with one attached hydrogen (secondary N) is 1. The number of fused-ring (bicyclic) bond motifs is 3. The zero-order valence-electron chi connectivity index (χ0n) is 15.0. The number of hydrogen-bond donors (Lipinski definition) is 1. The maximum absolute atomic E-state index is 12.9. The van der Waals surface area contributed by atoms with E-state index in [1.807, 2.05) is 19.9 Å². The van der Waals surface area contributed by atoms with E-state index in [1.54, 1.807) is 19.2 Å². The zero-order chi connectivity index (χ0) is 18.7. The molecular formula is C18H22N2O4S2. The lowest BCUT2D eigenvalue weighted by Crippen LogP contribution is -2.43. The summed E-state index contributed by atoms with van der Waals surface area (Å²) in [5.41, 5.74) is -0.340. The van der Waals surface area contributed by atoms with Crippen LogP contribution in [-0.4, -0.2) is 32.0 Å². The molecule has 2 fully saturated rings. The van der Waals surface area contributed by atoms with Crippen LogP contribution in [0.4, 0.5) is 5.13 Å². The van der Waals surface area contributed by atoms with Gasteiger partial charge in [0.05, 0.1) is 28.5 Å². The average molecular weight is 395 g/mol. The van der Waals surface area contributed by atoms with Crippen molar-refractivity contribution in [1.82, 2.24) is 4.98 Å². The number of carbonyl (C=O) groups is 1. The third-order valence-electron chi connectivity index (χ3n) is 6.41. The van der Waals surface area contributed by atoms with Crippen molar-refractivity contribution in [3.63, 3.8) is 0 Å². The molecule has 8 heteroatoms. The van der Waals surface area contributed by atoms with Gasteiger partial charge in [-0.3, -0.25) is 9.52 Å². The maximum Gasteiger partial charge on any atom is 0.235 e. The fourth-order valence-electron chi connectivity index (χ4n) is 4.68. The molecule has 0 saturated heterocycles. The van der Waals surface area contributed by atoms with Gasteiger partial charge >= 0.3 is 0 Å². The van der Waals surface area contributed by atoms with Crippen molar-refractivity contribution in [2.24, 2.45) is 16.7 Å². The number of thiazole rings is 1. The molecule has 6 nitrogen and oxygen atoms in total. The highest BCUT2D eigenvalue weighted by Gasteiger charge is 2.65. The highest BCUT2D eigenvalue weighted by molar-refractivity contribution is 7.93. The number of aromatic nitrogens is 1. The van der Waals surface area contributed by atoms with Gasteiger partial charge in [0.2, 0.25) is 10.0 Å². The van der Waals surface area contributed by atoms with E-state index in [4.69, 9.17) is 4.74 Å². The summed E-state index contributed by atoms with van der Waals surface area (Å²) in [4.78, 5) is 16.9. The Hall–Kier alpha value is -1.67. The van der Waals surface area contributed by atoms with Gasteiger partial charge < -0.3 is 4.74 Å². The van der Waals surface area contributed by atoms with Crippen LogP contribution < -0.4 is 9.46 Å². The van der Waals surface area contributed by atoms with Gasteiger partial charge in [-0.25, -0.2) is 13.4 Å². The first-order valence-corrected chi connectivity index (χ1v) is 11.1. The van der Waals surface area contributed by atoms with Gasteiger partial charge in [0.15, 0.2) is 5.13 Å². The van der Waals surface area contributed by atoms with Crippen molar-refractivity contribution in [3.8, 4) is 5.75 Å². The number of benzene rings is 1. The highest BCUT2D eigenvalue weighted by Crippen LogP contribution is 2.64. The topological polar surface area (TPSA) is 85.4 Å². The predicted octanol–water partition coefficient (Wildman–Crippen LogP) is 3.44. The van der Waals surface area contributed by atoms with E-state index in [-0.39, 0.29) is 17.0 Å². The van der Waals surface area contributed by atoms with E-state index in [2.05, 4.69) is 9.71 Å². The number of ether oxygens (including phenoxy) is 1. The molecule has 2 atom stereocenters. The van der Waals surface area contributed by atoms with Gasteiger partial charge in [0.1, 0.15) is 11.5 Å². The smallest absolute Gasteiger partial charge is 0.235 e. The first kappa shape index (κ1) is 17.7. The van der Waals surface area contributed by atoms with E-state index in [1.165, 1.54) is 11.3 Å². The molecule has 2 aromatic rings. The SMILES string of the molecule is COc1ccc2nc(NS(=O)(=O)CC34CCC(CC3=O)C4(C)C)sc2c1. The van der Waals surface area contributed by atoms with Crippen molar-refractivity contribution in [3.05, 3.63) is 18.2 Å². The molecule has 2 aliphatic carbocycles. The Labute approximate surface area is 157 Å². The van der Waals surface area contributed by atoms with Crippen LogP contribution in [-0.2, 0) is 14.8 Å². The molecule has 2 saturated carbocycles. The summed E-state index contributed by atoms with van der Waals surface area (Å²) >= 11 is 1.26. The number of methoxy groups -OCH3 is 1. The minimum Gasteiger partial charge on any atom is -0.497 e. The van der Waals surface area contributed by atoms with Crippen LogP contribution in [0.3, 0.4) is 0 Å². The number of anilines is 1. The summed E-state index contributed by atoms with van der Waals surface area (Å²) in [6, 6.07) is 5.42. The van der Waals surface area contributed by atoms with Gasteiger partial charge in [0, 0.05) is 6.42 Å². The summed E-state index contributed by atoms with van der Waals surface area (Å²) in [6.45, 7) is 4.07. The minimum atomic E-state index is -3.68. The normalized spacial score (nSPS) is 27.2. The Balaban J connectivity index is 1.61. The van der Waals surface area contributed by atoms with Gasteiger partial charge in [-0.15, -0.1) is 0 Å². The molecule has 1 aromatic heterocycles. The molecule has 1 heterocycles. The average Bonchev–Trinajstić information content (AvgIpc) is 3.11. The summed E-state index contributed by atoms with van der Waals surface area (Å²) in [6.07, 6.45) is 2.08. The van der Waals surface area contributed by atoms with Crippen LogP contribution in [0.25, 0.3) is 10.2 Å². The molecule has 0 spiro atoms. The molecule has 1 N–H and O–H groups in total. The van der Waals surface area contributed by atoms with Crippen LogP contribution >= 0.6 is 11.3 Å². The van der Waals surface area contributed by atoms with Gasteiger partial charge in [-0.2, -0.15) is 0 Å². The third kappa shape index (κ3) is 2.53. The number of ketones is 1. The number of carbonyl (C=O) groups excluding carboxylic acids is 1. The number of hydrogen-bond acceptors (Lipinski definition) is 6. The van der Waals surface area contributed by atoms with E-state index in [0.29, 0.717) is 35.2 Å². The van der Waals surface area contributed by atoms with Gasteiger partial charge in [-0.1, -0.05) is 25.2 Å². The Kier molecular flexibility index (Phi) is 3.86. The van der Waals surface area contributed by atoms with E-state index in [0.717, 1.165) is 11.1 Å². The Morgan fingerprint density at radius 2 is 2.15 bits per heavy atom. The summed E-state index contributed by atoms with van der Waals surface area (Å²) < 4.78 is 34.3. The molecule has 0 radical (unpaired) electrons. The predicted molar refractivity (Wildman–Crippen MR) is 102 cm³/mol. The molecule has 2 bridgehead atoms. The zero-order valence-corrected chi connectivity index (χ0v) is 16.7. The third-order valence-corrected chi connectivity index (χ3v) is 8.85. The first-order chi connectivity index (χ1) is 12.2. The maximum atomic E-state index is 12.9. The molecule has 2 unspecified atom stereocenters. The number of Topliss-reactive ketones (excluding diaryl/α,β-unsaturated/α-hetero) is 1. The van der Waals surface area contributed by atoms with Crippen molar-refractivity contribution in [2.45, 2.75) is 33.1 Å². The second-order valence-corrected chi connectivity index (χ2v) is 10.6. The standard InChI is InChI=1S/C18H22N2O4S2/c1-17(2)11-6-7-18(17,15(21)8-11)10-26(22,23)20-16-19-13-5-4-12(24-3)9-14(13)25-16/h4-5,9,11H,6-8,10H2,1-3H3,(H,19,20). The summed E-state index contributed by atoms with van der Waals surface area (Å²) in [5, 5.41) is 0.322. The summed E-state index contributed by atoms with van der Waals surface area (Å²) in [5.74, 6) is 0.921. The van der Waals surface area contributed by atoms with Crippen molar-refractivity contribution < 1.29 is 17.9 Å². The van der Waals surface area contributed by atoms with Gasteiger partial charge in [0.25, 0.3) is 0 Å². The summed E-state index contributed by atoms with van der Waals surface area (Å²) in [7, 11) is -2.10. The van der Waals surface area contributed by atoms with Crippen LogP contribution in [0.1, 0.15) is 33.1 Å². The molecule has 4 rings (SSSR count). The van der Waals surface area contributed by atoms with E-state index < -0.39 is 15.4 Å². The fourth-order valence-corrected chi connectivity index (χ4v) is 7.68. The lowest BCUT2D eigenvalue weighted by atomic mass is 9.70. The van der Waals surface area contributed by atoms with Crippen molar-refractivity contribution in [2.75, 3.05) is 17.6 Å². The highest BCUT2D eigenvalue weighted by atomic mass is 32.2. The lowest BCUT2D eigenvalue weighted by Gasteiger charge is -2.35. The van der Waals surface area contributed by atoms with Crippen LogP contribution in [0.15, 0.2) is 18.2 Å².